The van der Waals surface area contributed by atoms with Gasteiger partial charge in [-0.15, -0.1) is 0 Å². The largest absolute Gasteiger partial charge is 0.449 e. The minimum atomic E-state index is -0.384. The highest BCUT2D eigenvalue weighted by Crippen LogP contribution is 2.69. The first-order valence-electron chi connectivity index (χ1n) is 15.0. The Morgan fingerprint density at radius 2 is 1.73 bits per heavy atom. The van der Waals surface area contributed by atoms with Crippen LogP contribution in [0.4, 0.5) is 10.5 Å². The minimum Gasteiger partial charge on any atom is -0.449 e. The number of nitrogens with one attached hydrogen (secondary N) is 1. The summed E-state index contributed by atoms with van der Waals surface area (Å²) in [5.41, 5.74) is 1.24. The fraction of sp³-hybridized carbons (Fsp3) is 0.781. The van der Waals surface area contributed by atoms with Crippen LogP contribution in [0.2, 0.25) is 0 Å². The van der Waals surface area contributed by atoms with E-state index in [0.717, 1.165) is 37.8 Å². The van der Waals surface area contributed by atoms with Crippen molar-refractivity contribution in [2.45, 2.75) is 97.7 Å². The van der Waals surface area contributed by atoms with Gasteiger partial charge in [-0.1, -0.05) is 52.3 Å². The van der Waals surface area contributed by atoms with Crippen molar-refractivity contribution >= 4 is 11.8 Å². The average Bonchev–Trinajstić information content (AvgIpc) is 3.23. The van der Waals surface area contributed by atoms with E-state index in [1.54, 1.807) is 0 Å². The molecule has 206 valence electrons. The van der Waals surface area contributed by atoms with Gasteiger partial charge in [-0.25, -0.2) is 4.79 Å². The molecule has 0 heterocycles. The van der Waals surface area contributed by atoms with E-state index in [2.05, 4.69) is 33.0 Å². The van der Waals surface area contributed by atoms with Crippen LogP contribution in [0.1, 0.15) is 85.5 Å². The third kappa shape index (κ3) is 4.73. The van der Waals surface area contributed by atoms with Gasteiger partial charge >= 0.3 is 6.09 Å². The molecule has 4 fully saturated rings. The number of benzene rings is 1. The summed E-state index contributed by atoms with van der Waals surface area (Å²) in [6, 6.07) is 9.44. The van der Waals surface area contributed by atoms with Crippen LogP contribution in [0.25, 0.3) is 0 Å². The number of hydrogen-bond donors (Lipinski definition) is 3. The highest BCUT2D eigenvalue weighted by atomic mass is 16.5. The van der Waals surface area contributed by atoms with Gasteiger partial charge < -0.3 is 14.9 Å². The van der Waals surface area contributed by atoms with Crippen molar-refractivity contribution in [1.29, 1.82) is 0 Å². The van der Waals surface area contributed by atoms with Gasteiger partial charge in [0, 0.05) is 5.69 Å². The van der Waals surface area contributed by atoms with Crippen molar-refractivity contribution < 1.29 is 19.7 Å². The zero-order valence-corrected chi connectivity index (χ0v) is 23.4. The minimum absolute atomic E-state index is 0.196. The standard InChI is InChI=1S/C32H49NO4/c1-5-23-27-19-22(34)13-16-32(27,4)26-14-17-31(3)24(11-12-25(31)28(26)29(23)35)20(2)15-18-37-30(36)33-21-9-7-6-8-10-21/h6-10,20,22-29,34-35H,5,11-19H2,1-4H3,(H,33,36)/t20-,22-,23-,24-,25+,26?,27+,28+,29-,31-,32-/m1/s1. The first-order valence-corrected chi connectivity index (χ1v) is 15.0. The van der Waals surface area contributed by atoms with Crippen molar-refractivity contribution in [2.75, 3.05) is 11.9 Å². The monoisotopic (exact) mass is 511 g/mol. The molecule has 1 amide bonds. The van der Waals surface area contributed by atoms with E-state index in [-0.39, 0.29) is 29.1 Å². The Balaban J connectivity index is 1.25. The third-order valence-electron chi connectivity index (χ3n) is 12.0. The van der Waals surface area contributed by atoms with Gasteiger partial charge in [0.25, 0.3) is 0 Å². The smallest absolute Gasteiger partial charge is 0.411 e. The number of para-hydroxylation sites is 1. The molecule has 1 aromatic carbocycles. The van der Waals surface area contributed by atoms with Crippen LogP contribution in [0.3, 0.4) is 0 Å². The van der Waals surface area contributed by atoms with E-state index in [1.165, 1.54) is 25.7 Å². The van der Waals surface area contributed by atoms with E-state index in [1.807, 2.05) is 30.3 Å². The number of hydrogen-bond acceptors (Lipinski definition) is 4. The predicted molar refractivity (Wildman–Crippen MR) is 147 cm³/mol. The van der Waals surface area contributed by atoms with E-state index < -0.39 is 0 Å². The summed E-state index contributed by atoms with van der Waals surface area (Å²) >= 11 is 0. The normalized spacial score (nSPS) is 43.7. The molecule has 0 aromatic heterocycles. The molecule has 0 saturated heterocycles. The van der Waals surface area contributed by atoms with Crippen LogP contribution in [0.15, 0.2) is 30.3 Å². The van der Waals surface area contributed by atoms with Crippen molar-refractivity contribution in [3.05, 3.63) is 30.3 Å². The Kier molecular flexibility index (Phi) is 7.68. The molecule has 11 atom stereocenters. The molecule has 1 aromatic rings. The molecule has 0 bridgehead atoms. The molecule has 0 aliphatic heterocycles. The Bertz CT molecular complexity index is 938. The molecule has 37 heavy (non-hydrogen) atoms. The quantitative estimate of drug-likeness (QED) is 0.389. The number of rotatable bonds is 6. The summed E-state index contributed by atoms with van der Waals surface area (Å²) in [7, 11) is 0. The Morgan fingerprint density at radius 3 is 2.46 bits per heavy atom. The van der Waals surface area contributed by atoms with Crippen LogP contribution >= 0.6 is 0 Å². The number of aliphatic hydroxyl groups is 2. The van der Waals surface area contributed by atoms with Crippen molar-refractivity contribution in [2.24, 2.45) is 52.3 Å². The van der Waals surface area contributed by atoms with E-state index in [4.69, 9.17) is 4.74 Å². The number of anilines is 1. The Hall–Kier alpha value is -1.59. The van der Waals surface area contributed by atoms with Gasteiger partial charge in [-0.05, 0) is 116 Å². The maximum Gasteiger partial charge on any atom is 0.411 e. The molecule has 4 aliphatic rings. The molecule has 4 aliphatic carbocycles. The molecule has 1 unspecified atom stereocenters. The zero-order chi connectivity index (χ0) is 26.4. The fourth-order valence-corrected chi connectivity index (χ4v) is 10.1. The second-order valence-electron chi connectivity index (χ2n) is 13.5. The molecule has 0 radical (unpaired) electrons. The van der Waals surface area contributed by atoms with E-state index >= 15 is 0 Å². The summed E-state index contributed by atoms with van der Waals surface area (Å²) in [6.07, 6.45) is 8.80. The van der Waals surface area contributed by atoms with Gasteiger partial charge in [0.05, 0.1) is 18.8 Å². The first kappa shape index (κ1) is 27.0. The highest BCUT2D eigenvalue weighted by molar-refractivity contribution is 5.84. The molecular weight excluding hydrogens is 462 g/mol. The lowest BCUT2D eigenvalue weighted by atomic mass is 9.41. The lowest BCUT2D eigenvalue weighted by Crippen LogP contribution is -2.62. The number of carbonyl (C=O) groups is 1. The van der Waals surface area contributed by atoms with Gasteiger partial charge in [0.15, 0.2) is 0 Å². The maximum atomic E-state index is 12.2. The summed E-state index contributed by atoms with van der Waals surface area (Å²) in [5, 5.41) is 25.2. The summed E-state index contributed by atoms with van der Waals surface area (Å²) < 4.78 is 5.55. The summed E-state index contributed by atoms with van der Waals surface area (Å²) in [4.78, 5) is 12.2. The van der Waals surface area contributed by atoms with Gasteiger partial charge in [0.1, 0.15) is 0 Å². The number of ether oxygens (including phenoxy) is 1. The van der Waals surface area contributed by atoms with Crippen LogP contribution in [0, 0.1) is 52.3 Å². The average molecular weight is 512 g/mol. The second kappa shape index (κ2) is 10.5. The number of aliphatic hydroxyl groups excluding tert-OH is 2. The molecule has 5 heteroatoms. The van der Waals surface area contributed by atoms with Gasteiger partial charge in [-0.2, -0.15) is 0 Å². The summed E-state index contributed by atoms with van der Waals surface area (Å²) in [6.45, 7) is 10.0. The lowest BCUT2D eigenvalue weighted by Gasteiger charge is -2.64. The zero-order valence-electron chi connectivity index (χ0n) is 23.4. The Labute approximate surface area is 223 Å². The van der Waals surface area contributed by atoms with Crippen LogP contribution in [-0.2, 0) is 4.74 Å². The topological polar surface area (TPSA) is 78.8 Å². The first-order chi connectivity index (χ1) is 17.7. The molecule has 3 N–H and O–H groups in total. The lowest BCUT2D eigenvalue weighted by molar-refractivity contribution is -0.203. The van der Waals surface area contributed by atoms with Crippen LogP contribution in [-0.4, -0.2) is 35.1 Å². The molecule has 4 saturated carbocycles. The summed E-state index contributed by atoms with van der Waals surface area (Å²) in [5.74, 6) is 3.34. The number of amides is 1. The molecule has 5 rings (SSSR count). The Morgan fingerprint density at radius 1 is 1.03 bits per heavy atom. The third-order valence-corrected chi connectivity index (χ3v) is 12.0. The van der Waals surface area contributed by atoms with Crippen LogP contribution in [0.5, 0.6) is 0 Å². The fourth-order valence-electron chi connectivity index (χ4n) is 10.1. The maximum absolute atomic E-state index is 12.2. The van der Waals surface area contributed by atoms with Crippen molar-refractivity contribution in [3.8, 4) is 0 Å². The van der Waals surface area contributed by atoms with Gasteiger partial charge in [0.2, 0.25) is 0 Å². The van der Waals surface area contributed by atoms with Crippen molar-refractivity contribution in [3.63, 3.8) is 0 Å². The van der Waals surface area contributed by atoms with Crippen molar-refractivity contribution in [1.82, 2.24) is 0 Å². The highest BCUT2D eigenvalue weighted by Gasteiger charge is 2.64. The van der Waals surface area contributed by atoms with Gasteiger partial charge in [-0.3, -0.25) is 5.32 Å². The molecule has 5 nitrogen and oxygen atoms in total. The SMILES string of the molecule is CC[C@H]1[C@@H](O)[C@@H]2C(CC[C@]3(C)[C@@H]([C@H](C)CCOC(=O)Nc4ccccc4)CC[C@@H]23)[C@@]2(C)CC[C@@H](O)C[C@@H]12. The number of carbonyl (C=O) groups excluding carboxylic acids is 1. The molecular formula is C32H49NO4. The van der Waals surface area contributed by atoms with Crippen LogP contribution < -0.4 is 5.32 Å². The van der Waals surface area contributed by atoms with E-state index in [0.29, 0.717) is 48.0 Å². The predicted octanol–water partition coefficient (Wildman–Crippen LogP) is 6.89. The molecule has 0 spiro atoms. The van der Waals surface area contributed by atoms with E-state index in [9.17, 15) is 15.0 Å². The second-order valence-corrected chi connectivity index (χ2v) is 13.5. The number of fused-ring (bicyclic) bond motifs is 5.